The van der Waals surface area contributed by atoms with Crippen LogP contribution >= 0.6 is 11.1 Å². The summed E-state index contributed by atoms with van der Waals surface area (Å²) >= 11 is 6.94. The third-order valence-electron chi connectivity index (χ3n) is 3.30. The maximum absolute atomic E-state index is 6.94. The van der Waals surface area contributed by atoms with Crippen LogP contribution in [0.3, 0.4) is 0 Å². The monoisotopic (exact) mass is 260 g/mol. The zero-order chi connectivity index (χ0) is 12.5. The average molecular weight is 261 g/mol. The molecule has 0 aliphatic rings. The minimum Gasteiger partial charge on any atom is -0.155 e. The topological polar surface area (TPSA) is 0 Å². The van der Waals surface area contributed by atoms with Gasteiger partial charge in [0, 0.05) is 0 Å². The summed E-state index contributed by atoms with van der Waals surface area (Å²) in [5, 5.41) is 2.63. The second-order valence-corrected chi connectivity index (χ2v) is 9.98. The Morgan fingerprint density at radius 3 is 1.47 bits per heavy atom. The van der Waals surface area contributed by atoms with Crippen molar-refractivity contribution in [2.45, 2.75) is 20.4 Å². The number of benzene rings is 2. The van der Waals surface area contributed by atoms with Crippen LogP contribution in [0.15, 0.2) is 48.5 Å². The van der Waals surface area contributed by atoms with E-state index >= 15 is 0 Å². The minimum absolute atomic E-state index is 1.29. The van der Waals surface area contributed by atoms with Crippen LogP contribution in [0.5, 0.6) is 0 Å². The SMILES string of the molecule is Cc1ccccc1[Si](C)(Cl)c1ccccc1C. The van der Waals surface area contributed by atoms with Gasteiger partial charge in [-0.2, -0.15) is 11.1 Å². The van der Waals surface area contributed by atoms with Crippen LogP contribution in [-0.4, -0.2) is 7.38 Å². The molecule has 0 saturated carbocycles. The number of hydrogen-bond acceptors (Lipinski definition) is 0. The Morgan fingerprint density at radius 1 is 0.765 bits per heavy atom. The second-order valence-electron chi connectivity index (χ2n) is 4.63. The minimum atomic E-state index is -2.07. The van der Waals surface area contributed by atoms with Gasteiger partial charge in [0.1, 0.15) is 0 Å². The van der Waals surface area contributed by atoms with E-state index in [9.17, 15) is 0 Å². The van der Waals surface area contributed by atoms with Crippen LogP contribution in [0, 0.1) is 13.8 Å². The standard InChI is InChI=1S/C15H17ClSi/c1-12-8-4-6-10-14(12)17(3,16)15-11-7-5-9-13(15)2/h4-11H,1-3H3. The summed E-state index contributed by atoms with van der Waals surface area (Å²) in [7, 11) is -2.07. The Bertz CT molecular complexity index is 484. The third kappa shape index (κ3) is 2.31. The van der Waals surface area contributed by atoms with E-state index < -0.39 is 7.38 Å². The Balaban J connectivity index is 2.58. The van der Waals surface area contributed by atoms with Gasteiger partial charge in [-0.25, -0.2) is 0 Å². The molecule has 0 nitrogen and oxygen atoms in total. The molecular formula is C15H17ClSi. The average Bonchev–Trinajstić information content (AvgIpc) is 2.29. The maximum atomic E-state index is 6.94. The van der Waals surface area contributed by atoms with E-state index in [1.165, 1.54) is 21.5 Å². The Kier molecular flexibility index (Phi) is 3.41. The number of halogens is 1. The van der Waals surface area contributed by atoms with Crippen molar-refractivity contribution in [2.24, 2.45) is 0 Å². The summed E-state index contributed by atoms with van der Waals surface area (Å²) in [4.78, 5) is 0. The first-order valence-corrected chi connectivity index (χ1v) is 9.36. The van der Waals surface area contributed by atoms with Crippen molar-refractivity contribution in [2.75, 3.05) is 0 Å². The molecule has 0 spiro atoms. The molecule has 0 bridgehead atoms. The molecule has 0 aromatic heterocycles. The number of rotatable bonds is 2. The van der Waals surface area contributed by atoms with Gasteiger partial charge in [-0.1, -0.05) is 59.7 Å². The molecule has 0 radical (unpaired) electrons. The van der Waals surface area contributed by atoms with E-state index in [0.717, 1.165) is 0 Å². The highest BCUT2D eigenvalue weighted by Gasteiger charge is 2.31. The molecule has 0 N–H and O–H groups in total. The van der Waals surface area contributed by atoms with E-state index in [-0.39, 0.29) is 0 Å². The predicted molar refractivity (Wildman–Crippen MR) is 79.1 cm³/mol. The molecule has 0 saturated heterocycles. The van der Waals surface area contributed by atoms with Crippen LogP contribution in [0.2, 0.25) is 6.55 Å². The Labute approximate surface area is 109 Å². The largest absolute Gasteiger partial charge is 0.214 e. The van der Waals surface area contributed by atoms with Crippen molar-refractivity contribution in [1.82, 2.24) is 0 Å². The molecule has 2 heteroatoms. The second kappa shape index (κ2) is 4.67. The molecule has 88 valence electrons. The summed E-state index contributed by atoms with van der Waals surface area (Å²) in [5.41, 5.74) is 2.58. The van der Waals surface area contributed by atoms with Crippen LogP contribution in [0.1, 0.15) is 11.1 Å². The lowest BCUT2D eigenvalue weighted by Crippen LogP contribution is -2.52. The fourth-order valence-electron chi connectivity index (χ4n) is 2.34. The molecule has 0 amide bonds. The van der Waals surface area contributed by atoms with Crippen molar-refractivity contribution in [1.29, 1.82) is 0 Å². The van der Waals surface area contributed by atoms with E-state index in [4.69, 9.17) is 11.1 Å². The first-order chi connectivity index (χ1) is 8.03. The van der Waals surface area contributed by atoms with Gasteiger partial charge in [0.2, 0.25) is 7.38 Å². The summed E-state index contributed by atoms with van der Waals surface area (Å²) in [6.45, 7) is 6.49. The Morgan fingerprint density at radius 2 is 1.12 bits per heavy atom. The summed E-state index contributed by atoms with van der Waals surface area (Å²) in [6.07, 6.45) is 0. The smallest absolute Gasteiger partial charge is 0.155 e. The van der Waals surface area contributed by atoms with E-state index in [1.807, 2.05) is 0 Å². The zero-order valence-electron chi connectivity index (χ0n) is 10.5. The molecule has 2 aromatic rings. The molecule has 0 fully saturated rings. The molecule has 0 heterocycles. The van der Waals surface area contributed by atoms with E-state index in [1.54, 1.807) is 0 Å². The van der Waals surface area contributed by atoms with Crippen molar-refractivity contribution in [3.63, 3.8) is 0 Å². The van der Waals surface area contributed by atoms with Gasteiger partial charge < -0.3 is 0 Å². The van der Waals surface area contributed by atoms with Crippen LogP contribution in [-0.2, 0) is 0 Å². The van der Waals surface area contributed by atoms with Gasteiger partial charge in [0.15, 0.2) is 0 Å². The zero-order valence-corrected chi connectivity index (χ0v) is 12.3. The highest BCUT2D eigenvalue weighted by Crippen LogP contribution is 2.14. The molecule has 2 rings (SSSR count). The Hall–Kier alpha value is -1.05. The molecule has 17 heavy (non-hydrogen) atoms. The third-order valence-corrected chi connectivity index (χ3v) is 7.67. The van der Waals surface area contributed by atoms with Gasteiger partial charge in [-0.05, 0) is 30.8 Å². The first kappa shape index (κ1) is 12.4. The molecule has 0 aliphatic heterocycles. The lowest BCUT2D eigenvalue weighted by Gasteiger charge is -2.24. The fraction of sp³-hybridized carbons (Fsp3) is 0.200. The van der Waals surface area contributed by atoms with Gasteiger partial charge in [-0.15, -0.1) is 0 Å². The van der Waals surface area contributed by atoms with Crippen LogP contribution in [0.4, 0.5) is 0 Å². The normalized spacial score (nSPS) is 11.5. The maximum Gasteiger partial charge on any atom is 0.214 e. The lowest BCUT2D eigenvalue weighted by molar-refractivity contribution is 1.48. The van der Waals surface area contributed by atoms with Crippen LogP contribution in [0.25, 0.3) is 0 Å². The van der Waals surface area contributed by atoms with Crippen molar-refractivity contribution in [3.05, 3.63) is 59.7 Å². The molecule has 0 unspecified atom stereocenters. The molecule has 0 atom stereocenters. The van der Waals surface area contributed by atoms with Crippen molar-refractivity contribution >= 4 is 28.8 Å². The number of hydrogen-bond donors (Lipinski definition) is 0. The summed E-state index contributed by atoms with van der Waals surface area (Å²) < 4.78 is 0. The number of aryl methyl sites for hydroxylation is 2. The predicted octanol–water partition coefficient (Wildman–Crippen LogP) is 3.23. The van der Waals surface area contributed by atoms with Gasteiger partial charge in [0.05, 0.1) is 0 Å². The highest BCUT2D eigenvalue weighted by atomic mass is 35.6. The van der Waals surface area contributed by atoms with Crippen molar-refractivity contribution in [3.8, 4) is 0 Å². The first-order valence-electron chi connectivity index (χ1n) is 5.84. The summed E-state index contributed by atoms with van der Waals surface area (Å²) in [6, 6.07) is 16.9. The van der Waals surface area contributed by atoms with Crippen molar-refractivity contribution < 1.29 is 0 Å². The van der Waals surface area contributed by atoms with E-state index in [2.05, 4.69) is 68.9 Å². The van der Waals surface area contributed by atoms with Gasteiger partial charge >= 0.3 is 0 Å². The quantitative estimate of drug-likeness (QED) is 0.575. The molecule has 2 aromatic carbocycles. The van der Waals surface area contributed by atoms with Gasteiger partial charge in [-0.3, -0.25) is 0 Å². The molecule has 0 aliphatic carbocycles. The lowest BCUT2D eigenvalue weighted by atomic mass is 10.2. The fourth-order valence-corrected chi connectivity index (χ4v) is 6.37. The van der Waals surface area contributed by atoms with Crippen LogP contribution < -0.4 is 10.4 Å². The van der Waals surface area contributed by atoms with Gasteiger partial charge in [0.25, 0.3) is 0 Å². The van der Waals surface area contributed by atoms with E-state index in [0.29, 0.717) is 0 Å². The summed E-state index contributed by atoms with van der Waals surface area (Å²) in [5.74, 6) is 0. The molecular weight excluding hydrogens is 244 g/mol. The highest BCUT2D eigenvalue weighted by molar-refractivity contribution is 7.33.